The fourth-order valence-electron chi connectivity index (χ4n) is 2.46. The van der Waals surface area contributed by atoms with Crippen LogP contribution in [0.1, 0.15) is 56.7 Å². The molecule has 0 bridgehead atoms. The number of rotatable bonds is 3. The van der Waals surface area contributed by atoms with Gasteiger partial charge in [0.25, 0.3) is 0 Å². The molecule has 0 aliphatic heterocycles. The SMILES string of the molecule is O=C(O)Cn1nnnc1C1CCCCCCC1. The first-order valence-electron chi connectivity index (χ1n) is 6.25. The number of hydrogen-bond donors (Lipinski definition) is 1. The Kier molecular flexibility index (Phi) is 4.06. The number of carboxylic acid groups (broad SMARTS) is 1. The third-order valence-corrected chi connectivity index (χ3v) is 3.31. The molecule has 1 aliphatic rings. The van der Waals surface area contributed by atoms with E-state index in [4.69, 9.17) is 5.11 Å². The topological polar surface area (TPSA) is 80.9 Å². The van der Waals surface area contributed by atoms with Crippen molar-refractivity contribution in [1.82, 2.24) is 20.2 Å². The molecular formula is C11H18N4O2. The molecule has 1 fully saturated rings. The molecule has 1 N–H and O–H groups in total. The zero-order valence-electron chi connectivity index (χ0n) is 9.88. The number of carboxylic acids is 1. The van der Waals surface area contributed by atoms with Gasteiger partial charge in [0, 0.05) is 5.92 Å². The largest absolute Gasteiger partial charge is 0.480 e. The van der Waals surface area contributed by atoms with Crippen molar-refractivity contribution >= 4 is 5.97 Å². The average molecular weight is 238 g/mol. The first-order chi connectivity index (χ1) is 8.27. The Bertz CT molecular complexity index is 369. The lowest BCUT2D eigenvalue weighted by Crippen LogP contribution is -2.16. The van der Waals surface area contributed by atoms with Crippen molar-refractivity contribution in [2.24, 2.45) is 0 Å². The van der Waals surface area contributed by atoms with Gasteiger partial charge in [0.2, 0.25) is 0 Å². The van der Waals surface area contributed by atoms with Crippen molar-refractivity contribution in [3.05, 3.63) is 5.82 Å². The van der Waals surface area contributed by atoms with Crippen LogP contribution in [0, 0.1) is 0 Å². The van der Waals surface area contributed by atoms with Gasteiger partial charge in [-0.1, -0.05) is 32.1 Å². The van der Waals surface area contributed by atoms with Crippen molar-refractivity contribution in [1.29, 1.82) is 0 Å². The second-order valence-electron chi connectivity index (χ2n) is 4.63. The Balaban J connectivity index is 2.08. The maximum atomic E-state index is 10.7. The zero-order valence-corrected chi connectivity index (χ0v) is 9.88. The van der Waals surface area contributed by atoms with Gasteiger partial charge in [-0.3, -0.25) is 4.79 Å². The van der Waals surface area contributed by atoms with E-state index in [1.165, 1.54) is 36.8 Å². The molecule has 1 heterocycles. The van der Waals surface area contributed by atoms with Crippen LogP contribution < -0.4 is 0 Å². The highest BCUT2D eigenvalue weighted by molar-refractivity contribution is 5.66. The highest BCUT2D eigenvalue weighted by Gasteiger charge is 2.20. The number of tetrazole rings is 1. The third kappa shape index (κ3) is 3.25. The normalized spacial score (nSPS) is 18.6. The molecule has 0 radical (unpaired) electrons. The molecule has 6 nitrogen and oxygen atoms in total. The van der Waals surface area contributed by atoms with E-state index in [1.54, 1.807) is 0 Å². The molecule has 1 aromatic heterocycles. The number of aromatic nitrogens is 4. The lowest BCUT2D eigenvalue weighted by molar-refractivity contribution is -0.138. The van der Waals surface area contributed by atoms with Crippen molar-refractivity contribution in [3.63, 3.8) is 0 Å². The molecule has 0 saturated heterocycles. The smallest absolute Gasteiger partial charge is 0.325 e. The molecule has 1 aliphatic carbocycles. The first-order valence-corrected chi connectivity index (χ1v) is 6.25. The molecule has 0 aromatic carbocycles. The molecule has 1 aromatic rings. The Morgan fingerprint density at radius 3 is 2.53 bits per heavy atom. The van der Waals surface area contributed by atoms with Crippen molar-refractivity contribution < 1.29 is 9.90 Å². The molecule has 0 spiro atoms. The van der Waals surface area contributed by atoms with Crippen LogP contribution in [-0.4, -0.2) is 31.3 Å². The van der Waals surface area contributed by atoms with Gasteiger partial charge in [0.1, 0.15) is 6.54 Å². The van der Waals surface area contributed by atoms with Gasteiger partial charge in [-0.15, -0.1) is 5.10 Å². The van der Waals surface area contributed by atoms with Crippen LogP contribution in [0.15, 0.2) is 0 Å². The fourth-order valence-corrected chi connectivity index (χ4v) is 2.46. The maximum Gasteiger partial charge on any atom is 0.325 e. The van der Waals surface area contributed by atoms with Crippen molar-refractivity contribution in [2.75, 3.05) is 0 Å². The Hall–Kier alpha value is -1.46. The van der Waals surface area contributed by atoms with Crippen LogP contribution in [0.4, 0.5) is 0 Å². The van der Waals surface area contributed by atoms with Gasteiger partial charge in [-0.05, 0) is 23.3 Å². The minimum absolute atomic E-state index is 0.140. The fraction of sp³-hybridized carbons (Fsp3) is 0.818. The lowest BCUT2D eigenvalue weighted by atomic mass is 9.90. The van der Waals surface area contributed by atoms with Crippen molar-refractivity contribution in [2.45, 2.75) is 57.4 Å². The summed E-state index contributed by atoms with van der Waals surface area (Å²) < 4.78 is 1.43. The van der Waals surface area contributed by atoms with Crippen molar-refractivity contribution in [3.8, 4) is 0 Å². The number of aliphatic carboxylic acids is 1. The minimum Gasteiger partial charge on any atom is -0.480 e. The van der Waals surface area contributed by atoms with E-state index < -0.39 is 5.97 Å². The molecule has 17 heavy (non-hydrogen) atoms. The Morgan fingerprint density at radius 1 is 1.24 bits per heavy atom. The van der Waals surface area contributed by atoms with Gasteiger partial charge in [0.15, 0.2) is 5.82 Å². The van der Waals surface area contributed by atoms with Gasteiger partial charge >= 0.3 is 5.97 Å². The van der Waals surface area contributed by atoms with Gasteiger partial charge < -0.3 is 5.11 Å². The van der Waals surface area contributed by atoms with E-state index in [9.17, 15) is 4.79 Å². The summed E-state index contributed by atoms with van der Waals surface area (Å²) in [5.74, 6) is 0.170. The van der Waals surface area contributed by atoms with Crippen LogP contribution in [-0.2, 0) is 11.3 Å². The molecule has 0 atom stereocenters. The molecule has 0 unspecified atom stereocenters. The predicted molar refractivity (Wildman–Crippen MR) is 60.5 cm³/mol. The Morgan fingerprint density at radius 2 is 1.88 bits per heavy atom. The van der Waals surface area contributed by atoms with E-state index in [-0.39, 0.29) is 6.54 Å². The summed E-state index contributed by atoms with van der Waals surface area (Å²) in [5, 5.41) is 20.2. The highest BCUT2D eigenvalue weighted by Crippen LogP contribution is 2.29. The molecule has 94 valence electrons. The van der Waals surface area contributed by atoms with Crippen LogP contribution in [0.25, 0.3) is 0 Å². The summed E-state index contributed by atoms with van der Waals surface area (Å²) in [6, 6.07) is 0. The first kappa shape index (κ1) is 12.0. The van der Waals surface area contributed by atoms with E-state index in [1.807, 2.05) is 0 Å². The summed E-state index contributed by atoms with van der Waals surface area (Å²) in [5.41, 5.74) is 0. The standard InChI is InChI=1S/C11H18N4O2/c16-10(17)8-15-11(12-13-14-15)9-6-4-2-1-3-5-7-9/h9H,1-8H2,(H,16,17). The molecular weight excluding hydrogens is 220 g/mol. The quantitative estimate of drug-likeness (QED) is 0.864. The van der Waals surface area contributed by atoms with E-state index in [0.717, 1.165) is 18.7 Å². The predicted octanol–water partition coefficient (Wildman–Crippen LogP) is 1.59. The summed E-state index contributed by atoms with van der Waals surface area (Å²) in [4.78, 5) is 10.7. The second kappa shape index (κ2) is 5.75. The molecule has 2 rings (SSSR count). The minimum atomic E-state index is -0.899. The van der Waals surface area contributed by atoms with Gasteiger partial charge in [-0.25, -0.2) is 4.68 Å². The van der Waals surface area contributed by atoms with Crippen LogP contribution in [0.3, 0.4) is 0 Å². The van der Waals surface area contributed by atoms with Crippen LogP contribution in [0.5, 0.6) is 0 Å². The van der Waals surface area contributed by atoms with Crippen LogP contribution >= 0.6 is 0 Å². The monoisotopic (exact) mass is 238 g/mol. The summed E-state index contributed by atoms with van der Waals surface area (Å²) in [7, 11) is 0. The van der Waals surface area contributed by atoms with E-state index in [2.05, 4.69) is 15.5 Å². The third-order valence-electron chi connectivity index (χ3n) is 3.31. The maximum absolute atomic E-state index is 10.7. The van der Waals surface area contributed by atoms with Gasteiger partial charge in [0.05, 0.1) is 0 Å². The lowest BCUT2D eigenvalue weighted by Gasteiger charge is -2.18. The zero-order chi connectivity index (χ0) is 12.1. The summed E-state index contributed by atoms with van der Waals surface area (Å²) >= 11 is 0. The average Bonchev–Trinajstić information content (AvgIpc) is 2.64. The Labute approximate surface area is 100 Å². The van der Waals surface area contributed by atoms with Crippen LogP contribution in [0.2, 0.25) is 0 Å². The molecule has 0 amide bonds. The van der Waals surface area contributed by atoms with Gasteiger partial charge in [-0.2, -0.15) is 0 Å². The number of carbonyl (C=O) groups is 1. The summed E-state index contributed by atoms with van der Waals surface area (Å²) in [6.07, 6.45) is 8.34. The van der Waals surface area contributed by atoms with E-state index in [0.29, 0.717) is 5.92 Å². The number of nitrogens with zero attached hydrogens (tertiary/aromatic N) is 4. The second-order valence-corrected chi connectivity index (χ2v) is 4.63. The summed E-state index contributed by atoms with van der Waals surface area (Å²) in [6.45, 7) is -0.140. The molecule has 1 saturated carbocycles. The van der Waals surface area contributed by atoms with E-state index >= 15 is 0 Å². The molecule has 6 heteroatoms. The highest BCUT2D eigenvalue weighted by atomic mass is 16.4. The number of hydrogen-bond acceptors (Lipinski definition) is 4.